The fourth-order valence-corrected chi connectivity index (χ4v) is 2.39. The SMILES string of the molecule is CC(=O)c1cccc(NC(=O)c2c[nH]c(=O)n(Cc3ccco3)c2=O)c1. The maximum atomic E-state index is 12.5. The summed E-state index contributed by atoms with van der Waals surface area (Å²) in [4.78, 5) is 50.6. The number of nitrogens with zero attached hydrogens (tertiary/aromatic N) is 1. The molecular weight excluding hydrogens is 338 g/mol. The molecule has 0 radical (unpaired) electrons. The minimum absolute atomic E-state index is 0.0951. The van der Waals surface area contributed by atoms with E-state index in [4.69, 9.17) is 4.42 Å². The largest absolute Gasteiger partial charge is 0.467 e. The molecule has 26 heavy (non-hydrogen) atoms. The third-order valence-electron chi connectivity index (χ3n) is 3.73. The molecule has 132 valence electrons. The van der Waals surface area contributed by atoms with E-state index in [2.05, 4.69) is 10.3 Å². The number of aromatic amines is 1. The first kappa shape index (κ1) is 17.2. The number of carbonyl (C=O) groups is 2. The Labute approximate surface area is 147 Å². The molecule has 1 aromatic carbocycles. The zero-order valence-electron chi connectivity index (χ0n) is 13.8. The van der Waals surface area contributed by atoms with Crippen molar-refractivity contribution in [2.75, 3.05) is 5.32 Å². The summed E-state index contributed by atoms with van der Waals surface area (Å²) in [5.74, 6) is -0.435. The number of carbonyl (C=O) groups excluding carboxylic acids is 2. The van der Waals surface area contributed by atoms with Crippen LogP contribution in [0.4, 0.5) is 5.69 Å². The van der Waals surface area contributed by atoms with Gasteiger partial charge in [-0.25, -0.2) is 4.79 Å². The molecule has 8 nitrogen and oxygen atoms in total. The van der Waals surface area contributed by atoms with E-state index < -0.39 is 17.2 Å². The van der Waals surface area contributed by atoms with Crippen LogP contribution < -0.4 is 16.6 Å². The van der Waals surface area contributed by atoms with Gasteiger partial charge in [-0.2, -0.15) is 0 Å². The van der Waals surface area contributed by atoms with Crippen molar-refractivity contribution >= 4 is 17.4 Å². The normalized spacial score (nSPS) is 10.5. The molecule has 1 amide bonds. The number of nitrogens with one attached hydrogen (secondary N) is 2. The Balaban J connectivity index is 1.90. The summed E-state index contributed by atoms with van der Waals surface area (Å²) < 4.78 is 6.01. The van der Waals surface area contributed by atoms with Gasteiger partial charge in [-0.3, -0.25) is 19.0 Å². The maximum Gasteiger partial charge on any atom is 0.328 e. The van der Waals surface area contributed by atoms with Crippen LogP contribution in [0.5, 0.6) is 0 Å². The van der Waals surface area contributed by atoms with Crippen molar-refractivity contribution < 1.29 is 14.0 Å². The van der Waals surface area contributed by atoms with E-state index in [1.165, 1.54) is 19.3 Å². The number of benzene rings is 1. The van der Waals surface area contributed by atoms with Gasteiger partial charge < -0.3 is 14.7 Å². The summed E-state index contributed by atoms with van der Waals surface area (Å²) in [6.45, 7) is 1.32. The van der Waals surface area contributed by atoms with Gasteiger partial charge in [-0.05, 0) is 31.2 Å². The topological polar surface area (TPSA) is 114 Å². The number of rotatable bonds is 5. The Morgan fingerprint density at radius 3 is 2.69 bits per heavy atom. The molecule has 0 unspecified atom stereocenters. The highest BCUT2D eigenvalue weighted by atomic mass is 16.3. The van der Waals surface area contributed by atoms with Crippen molar-refractivity contribution in [1.82, 2.24) is 9.55 Å². The van der Waals surface area contributed by atoms with Crippen LogP contribution >= 0.6 is 0 Å². The second-order valence-electron chi connectivity index (χ2n) is 5.57. The molecule has 3 aromatic rings. The lowest BCUT2D eigenvalue weighted by molar-refractivity contribution is 0.101. The van der Waals surface area contributed by atoms with E-state index >= 15 is 0 Å². The first-order chi connectivity index (χ1) is 12.5. The lowest BCUT2D eigenvalue weighted by atomic mass is 10.1. The van der Waals surface area contributed by atoms with Gasteiger partial charge in [0.25, 0.3) is 11.5 Å². The second kappa shape index (κ2) is 7.06. The number of Topliss-reactive ketones (excluding diaryl/α,β-unsaturated/α-hetero) is 1. The monoisotopic (exact) mass is 353 g/mol. The number of ketones is 1. The predicted molar refractivity (Wildman–Crippen MR) is 93.5 cm³/mol. The van der Waals surface area contributed by atoms with Crippen LogP contribution in [0.15, 0.2) is 62.9 Å². The molecule has 8 heteroatoms. The molecule has 2 N–H and O–H groups in total. The molecule has 0 atom stereocenters. The van der Waals surface area contributed by atoms with Crippen molar-refractivity contribution in [1.29, 1.82) is 0 Å². The number of hydrogen-bond acceptors (Lipinski definition) is 5. The van der Waals surface area contributed by atoms with Gasteiger partial charge in [0.2, 0.25) is 0 Å². The highest BCUT2D eigenvalue weighted by Gasteiger charge is 2.16. The Bertz CT molecular complexity index is 1080. The van der Waals surface area contributed by atoms with Crippen molar-refractivity contribution in [3.63, 3.8) is 0 Å². The van der Waals surface area contributed by atoms with Crippen LogP contribution in [0, 0.1) is 0 Å². The maximum absolute atomic E-state index is 12.5. The van der Waals surface area contributed by atoms with Crippen LogP contribution in [0.3, 0.4) is 0 Å². The summed E-state index contributed by atoms with van der Waals surface area (Å²) in [6, 6.07) is 9.59. The van der Waals surface area contributed by atoms with Crippen molar-refractivity contribution in [3.05, 3.63) is 86.6 Å². The van der Waals surface area contributed by atoms with Gasteiger partial charge in [0.05, 0.1) is 12.8 Å². The van der Waals surface area contributed by atoms with E-state index in [9.17, 15) is 19.2 Å². The Morgan fingerprint density at radius 1 is 1.19 bits per heavy atom. The highest BCUT2D eigenvalue weighted by molar-refractivity contribution is 6.04. The first-order valence-corrected chi connectivity index (χ1v) is 7.73. The molecule has 0 aliphatic rings. The van der Waals surface area contributed by atoms with Crippen molar-refractivity contribution in [2.45, 2.75) is 13.5 Å². The number of H-pyrrole nitrogens is 1. The number of anilines is 1. The molecule has 0 saturated heterocycles. The third-order valence-corrected chi connectivity index (χ3v) is 3.73. The van der Waals surface area contributed by atoms with E-state index in [-0.39, 0.29) is 17.9 Å². The lowest BCUT2D eigenvalue weighted by Gasteiger charge is -2.08. The fourth-order valence-electron chi connectivity index (χ4n) is 2.39. The van der Waals surface area contributed by atoms with Crippen molar-refractivity contribution in [2.24, 2.45) is 0 Å². The average molecular weight is 353 g/mol. The Kier molecular flexibility index (Phi) is 4.66. The molecule has 0 fully saturated rings. The van der Waals surface area contributed by atoms with E-state index in [1.807, 2.05) is 0 Å². The number of amides is 1. The minimum atomic E-state index is -0.745. The molecule has 0 spiro atoms. The summed E-state index contributed by atoms with van der Waals surface area (Å²) in [5.41, 5.74) is -0.832. The van der Waals surface area contributed by atoms with Crippen LogP contribution in [0.25, 0.3) is 0 Å². The number of furan rings is 1. The van der Waals surface area contributed by atoms with Crippen molar-refractivity contribution in [3.8, 4) is 0 Å². The standard InChI is InChI=1S/C18H15N3O5/c1-11(22)12-4-2-5-13(8-12)20-16(23)15-9-19-18(25)21(17(15)24)10-14-6-3-7-26-14/h2-9H,10H2,1H3,(H,19,25)(H,20,23). The van der Waals surface area contributed by atoms with Crippen LogP contribution in [0.1, 0.15) is 33.4 Å². The summed E-state index contributed by atoms with van der Waals surface area (Å²) >= 11 is 0. The quantitative estimate of drug-likeness (QED) is 0.677. The molecule has 2 aromatic heterocycles. The van der Waals surface area contributed by atoms with Gasteiger partial charge in [0, 0.05) is 17.4 Å². The minimum Gasteiger partial charge on any atom is -0.467 e. The van der Waals surface area contributed by atoms with Crippen LogP contribution in [-0.2, 0) is 6.54 Å². The summed E-state index contributed by atoms with van der Waals surface area (Å²) in [6.07, 6.45) is 2.49. The van der Waals surface area contributed by atoms with Crippen LogP contribution in [0.2, 0.25) is 0 Å². The molecule has 0 saturated carbocycles. The predicted octanol–water partition coefficient (Wildman–Crippen LogP) is 1.63. The first-order valence-electron chi connectivity index (χ1n) is 7.73. The molecular formula is C18H15N3O5. The van der Waals surface area contributed by atoms with Gasteiger partial charge >= 0.3 is 5.69 Å². The Morgan fingerprint density at radius 2 is 2.00 bits per heavy atom. The molecule has 3 rings (SSSR count). The van der Waals surface area contributed by atoms with E-state index in [0.717, 1.165) is 10.8 Å². The number of hydrogen-bond donors (Lipinski definition) is 2. The second-order valence-corrected chi connectivity index (χ2v) is 5.57. The Hall–Kier alpha value is -3.68. The zero-order chi connectivity index (χ0) is 18.7. The van der Waals surface area contributed by atoms with Gasteiger partial charge in [-0.1, -0.05) is 12.1 Å². The van der Waals surface area contributed by atoms with Gasteiger partial charge in [-0.15, -0.1) is 0 Å². The zero-order valence-corrected chi connectivity index (χ0v) is 13.8. The lowest BCUT2D eigenvalue weighted by Crippen LogP contribution is -2.39. The summed E-state index contributed by atoms with van der Waals surface area (Å²) in [7, 11) is 0. The van der Waals surface area contributed by atoms with Gasteiger partial charge in [0.1, 0.15) is 11.3 Å². The summed E-state index contributed by atoms with van der Waals surface area (Å²) in [5, 5.41) is 2.55. The fraction of sp³-hybridized carbons (Fsp3) is 0.111. The molecule has 0 aliphatic carbocycles. The molecule has 0 aliphatic heterocycles. The smallest absolute Gasteiger partial charge is 0.328 e. The average Bonchev–Trinajstić information content (AvgIpc) is 3.12. The van der Waals surface area contributed by atoms with E-state index in [1.54, 1.807) is 30.3 Å². The van der Waals surface area contributed by atoms with E-state index in [0.29, 0.717) is 17.0 Å². The van der Waals surface area contributed by atoms with Crippen LogP contribution in [-0.4, -0.2) is 21.2 Å². The third kappa shape index (κ3) is 3.54. The molecule has 0 bridgehead atoms. The highest BCUT2D eigenvalue weighted by Crippen LogP contribution is 2.12. The molecule has 2 heterocycles. The number of aromatic nitrogens is 2. The van der Waals surface area contributed by atoms with Gasteiger partial charge in [0.15, 0.2) is 5.78 Å².